The largest absolute Gasteiger partial charge is 0.493 e. The van der Waals surface area contributed by atoms with Crippen molar-refractivity contribution in [2.45, 2.75) is 68.1 Å². The Balaban J connectivity index is 1.46. The molecule has 1 aromatic rings. The molecule has 2 heterocycles. The van der Waals surface area contributed by atoms with E-state index in [1.807, 2.05) is 6.07 Å². The predicted molar refractivity (Wildman–Crippen MR) is 99.2 cm³/mol. The Morgan fingerprint density at radius 2 is 2.11 bits per heavy atom. The second-order valence-electron chi connectivity index (χ2n) is 9.50. The molecule has 28 heavy (non-hydrogen) atoms. The van der Waals surface area contributed by atoms with Gasteiger partial charge in [0.05, 0.1) is 13.2 Å². The normalized spacial score (nSPS) is 42.4. The van der Waals surface area contributed by atoms with Gasteiger partial charge in [0.25, 0.3) is 5.92 Å². The summed E-state index contributed by atoms with van der Waals surface area (Å²) in [5.74, 6) is -1.15. The van der Waals surface area contributed by atoms with Crippen molar-refractivity contribution in [3.8, 4) is 11.5 Å². The summed E-state index contributed by atoms with van der Waals surface area (Å²) in [5, 5.41) is 10.1. The zero-order valence-electron chi connectivity index (χ0n) is 16.2. The molecule has 1 spiro atoms. The van der Waals surface area contributed by atoms with Crippen molar-refractivity contribution in [3.05, 3.63) is 23.3 Å². The van der Waals surface area contributed by atoms with Gasteiger partial charge in [0, 0.05) is 30.0 Å². The lowest BCUT2D eigenvalue weighted by atomic mass is 9.51. The van der Waals surface area contributed by atoms with E-state index < -0.39 is 17.4 Å². The third kappa shape index (κ3) is 2.01. The third-order valence-corrected chi connectivity index (χ3v) is 8.45. The number of ether oxygens (including phenoxy) is 2. The number of hydrogen-bond acceptors (Lipinski definition) is 4. The van der Waals surface area contributed by atoms with E-state index in [0.29, 0.717) is 30.3 Å². The third-order valence-electron chi connectivity index (χ3n) is 8.45. The Bertz CT molecular complexity index is 830. The molecule has 3 aliphatic carbocycles. The van der Waals surface area contributed by atoms with Gasteiger partial charge in [-0.25, -0.2) is 8.78 Å². The lowest BCUT2D eigenvalue weighted by Crippen LogP contribution is -2.69. The highest BCUT2D eigenvalue weighted by atomic mass is 19.3. The van der Waals surface area contributed by atoms with Gasteiger partial charge in [-0.05, 0) is 62.1 Å². The van der Waals surface area contributed by atoms with Crippen LogP contribution < -0.4 is 9.47 Å². The maximum absolute atomic E-state index is 15.1. The molecule has 1 N–H and O–H groups in total. The van der Waals surface area contributed by atoms with Crippen molar-refractivity contribution in [2.75, 3.05) is 20.2 Å². The molecule has 0 radical (unpaired) electrons. The van der Waals surface area contributed by atoms with Crippen LogP contribution in [0.3, 0.4) is 0 Å². The van der Waals surface area contributed by atoms with Crippen LogP contribution in [-0.4, -0.2) is 54.4 Å². The molecule has 4 nitrogen and oxygen atoms in total. The monoisotopic (exact) mass is 391 g/mol. The number of likely N-dealkylation sites (tertiary alicyclic amines) is 1. The first kappa shape index (κ1) is 17.5. The van der Waals surface area contributed by atoms with E-state index in [-0.39, 0.29) is 24.5 Å². The van der Waals surface area contributed by atoms with Crippen LogP contribution in [0, 0.1) is 11.8 Å². The number of alkyl halides is 2. The predicted octanol–water partition coefficient (Wildman–Crippen LogP) is 3.14. The number of piperidine rings is 1. The number of hydrogen-bond donors (Lipinski definition) is 1. The van der Waals surface area contributed by atoms with Gasteiger partial charge in [-0.15, -0.1) is 0 Å². The Kier molecular flexibility index (Phi) is 3.49. The molecule has 1 saturated heterocycles. The van der Waals surface area contributed by atoms with Gasteiger partial charge in [-0.2, -0.15) is 0 Å². The molecule has 6 atom stereocenters. The fourth-order valence-corrected chi connectivity index (χ4v) is 7.01. The lowest BCUT2D eigenvalue weighted by molar-refractivity contribution is -0.184. The SMILES string of the molecule is COc1ccc2c3c1O[C@H]1C(F)(F)CC[C@H]4[C@@H](C2)N(CC2CCC2O)CC[C@@]341. The molecule has 5 aliphatic rings. The molecule has 2 bridgehead atoms. The summed E-state index contributed by atoms with van der Waals surface area (Å²) in [7, 11) is 1.58. The van der Waals surface area contributed by atoms with Crippen LogP contribution in [0.5, 0.6) is 11.5 Å². The maximum Gasteiger partial charge on any atom is 0.285 e. The molecular formula is C22H27F2NO3. The minimum Gasteiger partial charge on any atom is -0.493 e. The summed E-state index contributed by atoms with van der Waals surface area (Å²) in [6, 6.07) is 4.19. The minimum absolute atomic E-state index is 0.105. The van der Waals surface area contributed by atoms with Crippen LogP contribution in [0.2, 0.25) is 0 Å². The van der Waals surface area contributed by atoms with Gasteiger partial charge >= 0.3 is 0 Å². The highest BCUT2D eigenvalue weighted by Crippen LogP contribution is 2.66. The Hall–Kier alpha value is -1.40. The number of halogens is 2. The molecule has 2 aliphatic heterocycles. The first-order chi connectivity index (χ1) is 13.5. The van der Waals surface area contributed by atoms with Gasteiger partial charge < -0.3 is 14.6 Å². The molecule has 3 fully saturated rings. The second kappa shape index (κ2) is 5.60. The van der Waals surface area contributed by atoms with E-state index in [1.165, 1.54) is 0 Å². The molecular weight excluding hydrogens is 364 g/mol. The van der Waals surface area contributed by atoms with Crippen molar-refractivity contribution >= 4 is 0 Å². The summed E-state index contributed by atoms with van der Waals surface area (Å²) in [5.41, 5.74) is 1.57. The van der Waals surface area contributed by atoms with Crippen LogP contribution in [0.1, 0.15) is 43.2 Å². The quantitative estimate of drug-likeness (QED) is 0.860. The standard InChI is InChI=1S/C22H27F2NO3/c1-27-17-5-3-12-10-15-14-6-7-22(23,24)20-21(14,18(12)19(17)28-20)8-9-25(15)11-13-2-4-16(13)26/h3,5,13-16,20,26H,2,4,6-11H2,1H3/t13?,14-,15+,16?,20+,21-/m0/s1. The molecule has 2 saturated carbocycles. The molecule has 6 rings (SSSR count). The molecule has 0 amide bonds. The summed E-state index contributed by atoms with van der Waals surface area (Å²) in [6.45, 7) is 1.69. The van der Waals surface area contributed by atoms with E-state index in [0.717, 1.165) is 43.5 Å². The van der Waals surface area contributed by atoms with Crippen molar-refractivity contribution < 1.29 is 23.4 Å². The summed E-state index contributed by atoms with van der Waals surface area (Å²) in [4.78, 5) is 2.49. The summed E-state index contributed by atoms with van der Waals surface area (Å²) < 4.78 is 41.7. The van der Waals surface area contributed by atoms with E-state index in [4.69, 9.17) is 9.47 Å². The molecule has 2 unspecified atom stereocenters. The smallest absolute Gasteiger partial charge is 0.285 e. The number of aliphatic hydroxyl groups excluding tert-OH is 1. The van der Waals surface area contributed by atoms with Gasteiger partial charge in [0.2, 0.25) is 0 Å². The molecule has 6 heteroatoms. The lowest BCUT2D eigenvalue weighted by Gasteiger charge is -2.60. The fraction of sp³-hybridized carbons (Fsp3) is 0.727. The number of benzene rings is 1. The van der Waals surface area contributed by atoms with Gasteiger partial charge in [0.15, 0.2) is 17.6 Å². The summed E-state index contributed by atoms with van der Waals surface area (Å²) in [6.07, 6.45) is 2.70. The highest BCUT2D eigenvalue weighted by molar-refractivity contribution is 5.61. The molecule has 1 aromatic carbocycles. The average molecular weight is 391 g/mol. The van der Waals surface area contributed by atoms with E-state index >= 15 is 8.78 Å². The Labute approximate surface area is 163 Å². The van der Waals surface area contributed by atoms with Gasteiger partial charge in [0.1, 0.15) is 0 Å². The first-order valence-corrected chi connectivity index (χ1v) is 10.6. The number of nitrogens with zero attached hydrogens (tertiary/aromatic N) is 1. The molecule has 0 aromatic heterocycles. The highest BCUT2D eigenvalue weighted by Gasteiger charge is 2.70. The van der Waals surface area contributed by atoms with Crippen LogP contribution in [0.4, 0.5) is 8.78 Å². The van der Waals surface area contributed by atoms with Crippen LogP contribution in [-0.2, 0) is 11.8 Å². The number of aliphatic hydroxyl groups is 1. The topological polar surface area (TPSA) is 41.9 Å². The van der Waals surface area contributed by atoms with Crippen LogP contribution in [0.25, 0.3) is 0 Å². The first-order valence-electron chi connectivity index (χ1n) is 10.6. The second-order valence-corrected chi connectivity index (χ2v) is 9.50. The van der Waals surface area contributed by atoms with Crippen LogP contribution >= 0.6 is 0 Å². The van der Waals surface area contributed by atoms with E-state index in [2.05, 4.69) is 11.0 Å². The number of rotatable bonds is 3. The maximum atomic E-state index is 15.1. The average Bonchev–Trinajstić information content (AvgIpc) is 3.03. The van der Waals surface area contributed by atoms with Crippen molar-refractivity contribution in [1.82, 2.24) is 4.90 Å². The van der Waals surface area contributed by atoms with Crippen LogP contribution in [0.15, 0.2) is 12.1 Å². The number of methoxy groups -OCH3 is 1. The van der Waals surface area contributed by atoms with Crippen molar-refractivity contribution in [3.63, 3.8) is 0 Å². The zero-order valence-corrected chi connectivity index (χ0v) is 16.2. The van der Waals surface area contributed by atoms with E-state index in [1.54, 1.807) is 7.11 Å². The zero-order chi connectivity index (χ0) is 19.3. The molecule has 152 valence electrons. The Morgan fingerprint density at radius 3 is 2.82 bits per heavy atom. The van der Waals surface area contributed by atoms with Gasteiger partial charge in [-0.1, -0.05) is 6.07 Å². The van der Waals surface area contributed by atoms with Gasteiger partial charge in [-0.3, -0.25) is 4.90 Å². The van der Waals surface area contributed by atoms with E-state index in [9.17, 15) is 5.11 Å². The van der Waals surface area contributed by atoms with Crippen molar-refractivity contribution in [2.24, 2.45) is 11.8 Å². The minimum atomic E-state index is -2.81. The van der Waals surface area contributed by atoms with Crippen molar-refractivity contribution in [1.29, 1.82) is 0 Å². The fourth-order valence-electron chi connectivity index (χ4n) is 7.01. The Morgan fingerprint density at radius 1 is 1.25 bits per heavy atom. The summed E-state index contributed by atoms with van der Waals surface area (Å²) >= 11 is 0.